The second-order valence-corrected chi connectivity index (χ2v) is 4.18. The summed E-state index contributed by atoms with van der Waals surface area (Å²) in [7, 11) is 1.96. The highest BCUT2D eigenvalue weighted by atomic mass is 16.1. The van der Waals surface area contributed by atoms with E-state index >= 15 is 0 Å². The van der Waals surface area contributed by atoms with Gasteiger partial charge in [0.15, 0.2) is 0 Å². The Bertz CT molecular complexity index is 363. The Labute approximate surface area is 97.5 Å². The van der Waals surface area contributed by atoms with Crippen LogP contribution >= 0.6 is 0 Å². The fraction of sp³-hybridized carbons (Fsp3) is 0.538. The maximum Gasteiger partial charge on any atom is 0.149 e. The Kier molecular flexibility index (Phi) is 4.62. The average Bonchev–Trinajstić information content (AvgIpc) is 2.27. The molecule has 3 heteroatoms. The van der Waals surface area contributed by atoms with Crippen LogP contribution in [0.3, 0.4) is 0 Å². The summed E-state index contributed by atoms with van der Waals surface area (Å²) in [6.07, 6.45) is 0.590. The van der Waals surface area contributed by atoms with E-state index in [9.17, 15) is 4.79 Å². The van der Waals surface area contributed by atoms with Crippen LogP contribution in [0.25, 0.3) is 0 Å². The Hall–Kier alpha value is -1.22. The van der Waals surface area contributed by atoms with E-state index in [1.807, 2.05) is 50.9 Å². The van der Waals surface area contributed by atoms with Crippen LogP contribution in [-0.2, 0) is 11.3 Å². The standard InChI is InChI=1S/C13H20N2O/c1-5-13(16)11(3)15(4)9-12-8-6-7-10(2)14-12/h6-8,11H,5,9H2,1-4H3. The summed E-state index contributed by atoms with van der Waals surface area (Å²) in [4.78, 5) is 18.0. The molecule has 0 fully saturated rings. The van der Waals surface area contributed by atoms with E-state index in [0.29, 0.717) is 13.0 Å². The highest BCUT2D eigenvalue weighted by Crippen LogP contribution is 2.06. The SMILES string of the molecule is CCC(=O)C(C)N(C)Cc1cccc(C)n1. The topological polar surface area (TPSA) is 33.2 Å². The number of nitrogens with zero attached hydrogens (tertiary/aromatic N) is 2. The molecule has 1 aromatic heterocycles. The quantitative estimate of drug-likeness (QED) is 0.762. The largest absolute Gasteiger partial charge is 0.298 e. The smallest absolute Gasteiger partial charge is 0.149 e. The van der Waals surface area contributed by atoms with Crippen LogP contribution in [0, 0.1) is 6.92 Å². The van der Waals surface area contributed by atoms with E-state index in [1.165, 1.54) is 0 Å². The molecule has 0 aliphatic carbocycles. The molecule has 88 valence electrons. The van der Waals surface area contributed by atoms with Crippen molar-refractivity contribution in [2.75, 3.05) is 7.05 Å². The second-order valence-electron chi connectivity index (χ2n) is 4.18. The molecule has 1 aromatic rings. The molecule has 0 bridgehead atoms. The average molecular weight is 220 g/mol. The first kappa shape index (κ1) is 12.8. The van der Waals surface area contributed by atoms with Crippen molar-refractivity contribution in [2.45, 2.75) is 39.8 Å². The lowest BCUT2D eigenvalue weighted by Crippen LogP contribution is -2.35. The summed E-state index contributed by atoms with van der Waals surface area (Å²) in [6.45, 7) is 6.54. The van der Waals surface area contributed by atoms with Gasteiger partial charge in [-0.15, -0.1) is 0 Å². The van der Waals surface area contributed by atoms with Gasteiger partial charge in [-0.1, -0.05) is 13.0 Å². The van der Waals surface area contributed by atoms with Gasteiger partial charge in [0.05, 0.1) is 11.7 Å². The number of aromatic nitrogens is 1. The third-order valence-corrected chi connectivity index (χ3v) is 2.83. The van der Waals surface area contributed by atoms with E-state index in [1.54, 1.807) is 0 Å². The third kappa shape index (κ3) is 3.42. The van der Waals surface area contributed by atoms with Crippen LogP contribution < -0.4 is 0 Å². The van der Waals surface area contributed by atoms with Crippen LogP contribution in [0.15, 0.2) is 18.2 Å². The molecule has 3 nitrogen and oxygen atoms in total. The Morgan fingerprint density at radius 1 is 1.50 bits per heavy atom. The van der Waals surface area contributed by atoms with E-state index in [-0.39, 0.29) is 11.8 Å². The highest BCUT2D eigenvalue weighted by Gasteiger charge is 2.16. The summed E-state index contributed by atoms with van der Waals surface area (Å²) in [5.41, 5.74) is 2.03. The van der Waals surface area contributed by atoms with Gasteiger partial charge in [0.1, 0.15) is 5.78 Å². The maximum atomic E-state index is 11.5. The summed E-state index contributed by atoms with van der Waals surface area (Å²) in [5.74, 6) is 0.273. The van der Waals surface area contributed by atoms with Crippen LogP contribution in [0.4, 0.5) is 0 Å². The molecule has 0 aromatic carbocycles. The Balaban J connectivity index is 2.64. The van der Waals surface area contributed by atoms with Gasteiger partial charge in [-0.05, 0) is 33.0 Å². The van der Waals surface area contributed by atoms with Gasteiger partial charge in [0.2, 0.25) is 0 Å². The zero-order valence-electron chi connectivity index (χ0n) is 10.5. The van der Waals surface area contributed by atoms with Gasteiger partial charge in [0, 0.05) is 18.7 Å². The van der Waals surface area contributed by atoms with Gasteiger partial charge in [-0.25, -0.2) is 0 Å². The van der Waals surface area contributed by atoms with Gasteiger partial charge in [-0.2, -0.15) is 0 Å². The minimum atomic E-state index is -0.0349. The van der Waals surface area contributed by atoms with E-state index in [0.717, 1.165) is 11.4 Å². The summed E-state index contributed by atoms with van der Waals surface area (Å²) < 4.78 is 0. The lowest BCUT2D eigenvalue weighted by molar-refractivity contribution is -0.123. The highest BCUT2D eigenvalue weighted by molar-refractivity contribution is 5.83. The normalized spacial score (nSPS) is 12.8. The number of ketones is 1. The first-order valence-electron chi connectivity index (χ1n) is 5.70. The fourth-order valence-corrected chi connectivity index (χ4v) is 1.62. The van der Waals surface area contributed by atoms with Crippen molar-refractivity contribution < 1.29 is 4.79 Å². The molecular weight excluding hydrogens is 200 g/mol. The van der Waals surface area contributed by atoms with Crippen molar-refractivity contribution in [2.24, 2.45) is 0 Å². The number of carbonyl (C=O) groups excluding carboxylic acids is 1. The predicted molar refractivity (Wildman–Crippen MR) is 65.2 cm³/mol. The number of Topliss-reactive ketones (excluding diaryl/α,β-unsaturated/α-hetero) is 1. The van der Waals surface area contributed by atoms with Crippen molar-refractivity contribution in [1.82, 2.24) is 9.88 Å². The van der Waals surface area contributed by atoms with Crippen molar-refractivity contribution in [3.8, 4) is 0 Å². The minimum absolute atomic E-state index is 0.0349. The van der Waals surface area contributed by atoms with Gasteiger partial charge < -0.3 is 0 Å². The molecule has 0 saturated heterocycles. The molecule has 1 rings (SSSR count). The maximum absolute atomic E-state index is 11.5. The molecular formula is C13H20N2O. The molecule has 1 unspecified atom stereocenters. The third-order valence-electron chi connectivity index (χ3n) is 2.83. The molecule has 1 atom stereocenters. The van der Waals surface area contributed by atoms with E-state index in [2.05, 4.69) is 4.98 Å². The molecule has 1 heterocycles. The molecule has 0 radical (unpaired) electrons. The molecule has 0 amide bonds. The van der Waals surface area contributed by atoms with Crippen LogP contribution in [-0.4, -0.2) is 28.8 Å². The number of carbonyl (C=O) groups is 1. The zero-order valence-corrected chi connectivity index (χ0v) is 10.5. The first-order chi connectivity index (χ1) is 7.54. The minimum Gasteiger partial charge on any atom is -0.298 e. The summed E-state index contributed by atoms with van der Waals surface area (Å²) >= 11 is 0. The summed E-state index contributed by atoms with van der Waals surface area (Å²) in [5, 5.41) is 0. The molecule has 0 aliphatic rings. The van der Waals surface area contributed by atoms with Crippen molar-refractivity contribution >= 4 is 5.78 Å². The van der Waals surface area contributed by atoms with Crippen LogP contribution in [0.5, 0.6) is 0 Å². The van der Waals surface area contributed by atoms with E-state index < -0.39 is 0 Å². The van der Waals surface area contributed by atoms with Crippen LogP contribution in [0.1, 0.15) is 31.7 Å². The number of likely N-dealkylation sites (N-methyl/N-ethyl adjacent to an activating group) is 1. The first-order valence-corrected chi connectivity index (χ1v) is 5.70. The number of hydrogen-bond acceptors (Lipinski definition) is 3. The molecule has 0 N–H and O–H groups in total. The van der Waals surface area contributed by atoms with Crippen LogP contribution in [0.2, 0.25) is 0 Å². The lowest BCUT2D eigenvalue weighted by Gasteiger charge is -2.22. The van der Waals surface area contributed by atoms with Gasteiger partial charge >= 0.3 is 0 Å². The monoisotopic (exact) mass is 220 g/mol. The molecule has 0 saturated carbocycles. The Morgan fingerprint density at radius 3 is 2.75 bits per heavy atom. The number of pyridine rings is 1. The predicted octanol–water partition coefficient (Wildman–Crippen LogP) is 2.19. The van der Waals surface area contributed by atoms with Gasteiger partial charge in [0.25, 0.3) is 0 Å². The van der Waals surface area contributed by atoms with Crippen molar-refractivity contribution in [1.29, 1.82) is 0 Å². The van der Waals surface area contributed by atoms with Crippen molar-refractivity contribution in [3.05, 3.63) is 29.6 Å². The summed E-state index contributed by atoms with van der Waals surface area (Å²) in [6, 6.07) is 5.93. The molecule has 16 heavy (non-hydrogen) atoms. The van der Waals surface area contributed by atoms with Crippen molar-refractivity contribution in [3.63, 3.8) is 0 Å². The number of hydrogen-bond donors (Lipinski definition) is 0. The Morgan fingerprint density at radius 2 is 2.19 bits per heavy atom. The number of rotatable bonds is 5. The second kappa shape index (κ2) is 5.75. The lowest BCUT2D eigenvalue weighted by atomic mass is 10.1. The number of aryl methyl sites for hydroxylation is 1. The van der Waals surface area contributed by atoms with E-state index in [4.69, 9.17) is 0 Å². The molecule has 0 spiro atoms. The molecule has 0 aliphatic heterocycles. The fourth-order valence-electron chi connectivity index (χ4n) is 1.62. The van der Waals surface area contributed by atoms with Gasteiger partial charge in [-0.3, -0.25) is 14.7 Å². The zero-order chi connectivity index (χ0) is 12.1.